The maximum absolute atomic E-state index is 5.35. The maximum atomic E-state index is 5.35. The van der Waals surface area contributed by atoms with Crippen molar-refractivity contribution in [1.82, 2.24) is 0 Å². The van der Waals surface area contributed by atoms with Crippen molar-refractivity contribution in [2.45, 2.75) is 0 Å². The average molecular weight is 384 g/mol. The molecule has 0 bridgehead atoms. The molecule has 0 unspecified atom stereocenters. The van der Waals surface area contributed by atoms with Gasteiger partial charge in [0.1, 0.15) is 0 Å². The number of rotatable bonds is 11. The van der Waals surface area contributed by atoms with Gasteiger partial charge in [0.05, 0.1) is 13.2 Å². The van der Waals surface area contributed by atoms with E-state index in [1.54, 1.807) is 14.2 Å². The second-order valence-electron chi connectivity index (χ2n) is 5.63. The van der Waals surface area contributed by atoms with Crippen LogP contribution < -0.4 is 10.6 Å². The van der Waals surface area contributed by atoms with Gasteiger partial charge in [-0.2, -0.15) is 0 Å². The molecule has 0 saturated heterocycles. The first-order valence-corrected chi connectivity index (χ1v) is 11.9. The van der Waals surface area contributed by atoms with Gasteiger partial charge in [-0.25, -0.2) is 0 Å². The summed E-state index contributed by atoms with van der Waals surface area (Å²) >= 11 is 0. The fourth-order valence-electron chi connectivity index (χ4n) is 2.66. The Bertz CT molecular complexity index is 507. The van der Waals surface area contributed by atoms with Gasteiger partial charge in [0.2, 0.25) is 0 Å². The first kappa shape index (κ1) is 25.3. The van der Waals surface area contributed by atoms with Crippen LogP contribution in [0.25, 0.3) is 0 Å². The highest BCUT2D eigenvalue weighted by Crippen LogP contribution is 2.41. The molecule has 26 heavy (non-hydrogen) atoms. The Morgan fingerprint density at radius 3 is 1.23 bits per heavy atom. The molecule has 0 saturated carbocycles. The van der Waals surface area contributed by atoms with E-state index in [1.165, 1.54) is 22.9 Å². The quantitative estimate of drug-likeness (QED) is 0.438. The van der Waals surface area contributed by atoms with E-state index in [0.717, 1.165) is 25.5 Å². The Morgan fingerprint density at radius 2 is 0.923 bits per heavy atom. The van der Waals surface area contributed by atoms with Gasteiger partial charge in [-0.1, -0.05) is 76.5 Å². The van der Waals surface area contributed by atoms with E-state index >= 15 is 0 Å². The topological polar surface area (TPSA) is 18.5 Å². The zero-order chi connectivity index (χ0) is 17.0. The van der Waals surface area contributed by atoms with E-state index in [9.17, 15) is 0 Å². The van der Waals surface area contributed by atoms with E-state index in [-0.39, 0.29) is 32.7 Å². The fraction of sp³-hybridized carbons (Fsp3) is 0.400. The molecular weight excluding hydrogens is 356 g/mol. The standard InChI is InChI=1S/C20H28O2P2.2B/c1-21-13-15-23(19-9-5-3-6-10-19)17-18-24(16-14-22-2)20-11-7-4-8-12-20;;/h3-12H,13-18H2,1-2H3;;/t23-,24-;;/m0../s1. The second-order valence-corrected chi connectivity index (χ2v) is 10.6. The molecule has 2 atom stereocenters. The van der Waals surface area contributed by atoms with Crippen LogP contribution in [-0.4, -0.2) is 68.9 Å². The molecule has 0 aliphatic carbocycles. The summed E-state index contributed by atoms with van der Waals surface area (Å²) in [6, 6.07) is 21.9. The largest absolute Gasteiger partial charge is 0.384 e. The lowest BCUT2D eigenvalue weighted by Gasteiger charge is -2.23. The van der Waals surface area contributed by atoms with Crippen molar-refractivity contribution >= 4 is 43.3 Å². The summed E-state index contributed by atoms with van der Waals surface area (Å²) in [5.74, 6) is 0. The fourth-order valence-corrected chi connectivity index (χ4v) is 8.07. The highest BCUT2D eigenvalue weighted by molar-refractivity contribution is 7.69. The third-order valence-electron chi connectivity index (χ3n) is 4.01. The van der Waals surface area contributed by atoms with Gasteiger partial charge in [-0.3, -0.25) is 0 Å². The van der Waals surface area contributed by atoms with Gasteiger partial charge >= 0.3 is 0 Å². The summed E-state index contributed by atoms with van der Waals surface area (Å²) in [6.07, 6.45) is 4.84. The number of methoxy groups -OCH3 is 2. The van der Waals surface area contributed by atoms with E-state index in [0.29, 0.717) is 0 Å². The van der Waals surface area contributed by atoms with Gasteiger partial charge in [0.25, 0.3) is 0 Å². The van der Waals surface area contributed by atoms with Crippen molar-refractivity contribution in [3.63, 3.8) is 0 Å². The van der Waals surface area contributed by atoms with Crippen LogP contribution >= 0.6 is 15.8 Å². The van der Waals surface area contributed by atoms with Crippen LogP contribution in [0.2, 0.25) is 0 Å². The molecule has 6 heteroatoms. The minimum absolute atomic E-state index is 0. The Kier molecular flexibility index (Phi) is 15.0. The number of ether oxygens (including phenoxy) is 2. The Balaban J connectivity index is 0.00000312. The Labute approximate surface area is 165 Å². The lowest BCUT2D eigenvalue weighted by atomic mass is 10.4. The lowest BCUT2D eigenvalue weighted by Crippen LogP contribution is -2.15. The zero-order valence-electron chi connectivity index (χ0n) is 15.9. The summed E-state index contributed by atoms with van der Waals surface area (Å²) in [4.78, 5) is 0. The van der Waals surface area contributed by atoms with Crippen LogP contribution in [0.5, 0.6) is 0 Å². The first-order chi connectivity index (χ1) is 11.8. The predicted octanol–water partition coefficient (Wildman–Crippen LogP) is 3.13. The molecule has 0 fully saturated rings. The van der Waals surface area contributed by atoms with Crippen molar-refractivity contribution in [3.05, 3.63) is 60.7 Å². The van der Waals surface area contributed by atoms with Crippen LogP contribution in [0.15, 0.2) is 60.7 Å². The average Bonchev–Trinajstić information content (AvgIpc) is 2.65. The third-order valence-corrected chi connectivity index (χ3v) is 9.39. The van der Waals surface area contributed by atoms with Gasteiger partial charge in [-0.15, -0.1) is 0 Å². The molecule has 6 radical (unpaired) electrons. The molecule has 2 nitrogen and oxygen atoms in total. The second kappa shape index (κ2) is 15.4. The maximum Gasteiger partial charge on any atom is 0.0504 e. The summed E-state index contributed by atoms with van der Waals surface area (Å²) in [7, 11) is 3.30. The summed E-state index contributed by atoms with van der Waals surface area (Å²) < 4.78 is 10.7. The molecule has 0 aliphatic heterocycles. The first-order valence-electron chi connectivity index (χ1n) is 8.43. The minimum Gasteiger partial charge on any atom is -0.384 e. The SMILES string of the molecule is COCC[P@@](CC[P@](CCOC)c1ccccc1)c1ccccc1.[B].[B]. The van der Waals surface area contributed by atoms with Crippen LogP contribution in [-0.2, 0) is 9.47 Å². The molecule has 0 heterocycles. The van der Waals surface area contributed by atoms with E-state index in [2.05, 4.69) is 60.7 Å². The monoisotopic (exact) mass is 384 g/mol. The van der Waals surface area contributed by atoms with Crippen molar-refractivity contribution in [2.24, 2.45) is 0 Å². The molecule has 2 rings (SSSR count). The molecule has 136 valence electrons. The molecule has 0 aromatic heterocycles. The number of hydrogen-bond donors (Lipinski definition) is 0. The van der Waals surface area contributed by atoms with Crippen molar-refractivity contribution in [3.8, 4) is 0 Å². The Hall–Kier alpha value is -0.650. The molecule has 0 spiro atoms. The molecule has 2 aromatic rings. The molecule has 2 aromatic carbocycles. The van der Waals surface area contributed by atoms with Crippen molar-refractivity contribution < 1.29 is 9.47 Å². The summed E-state index contributed by atoms with van der Waals surface area (Å²) in [6.45, 7) is 1.70. The summed E-state index contributed by atoms with van der Waals surface area (Å²) in [5, 5.41) is 3.00. The van der Waals surface area contributed by atoms with E-state index in [1.807, 2.05) is 0 Å². The normalized spacial score (nSPS) is 12.5. The smallest absolute Gasteiger partial charge is 0.0504 e. The molecule has 0 aliphatic rings. The van der Waals surface area contributed by atoms with Gasteiger partial charge < -0.3 is 9.47 Å². The molecule has 0 amide bonds. The minimum atomic E-state index is -0.149. The molecular formula is C20H28B2O2P2. The van der Waals surface area contributed by atoms with Gasteiger partial charge in [0, 0.05) is 31.0 Å². The van der Waals surface area contributed by atoms with Crippen molar-refractivity contribution in [2.75, 3.05) is 52.1 Å². The number of hydrogen-bond acceptors (Lipinski definition) is 2. The predicted molar refractivity (Wildman–Crippen MR) is 121 cm³/mol. The van der Waals surface area contributed by atoms with Crippen molar-refractivity contribution in [1.29, 1.82) is 0 Å². The van der Waals surface area contributed by atoms with E-state index < -0.39 is 0 Å². The Morgan fingerprint density at radius 1 is 0.577 bits per heavy atom. The van der Waals surface area contributed by atoms with E-state index in [4.69, 9.17) is 9.47 Å². The highest BCUT2D eigenvalue weighted by atomic mass is 31.1. The third kappa shape index (κ3) is 8.83. The van der Waals surface area contributed by atoms with Crippen LogP contribution in [0, 0.1) is 0 Å². The highest BCUT2D eigenvalue weighted by Gasteiger charge is 2.16. The molecule has 0 N–H and O–H groups in total. The number of benzene rings is 2. The summed E-state index contributed by atoms with van der Waals surface area (Å²) in [5.41, 5.74) is 0. The van der Waals surface area contributed by atoms with Gasteiger partial charge in [-0.05, 0) is 35.3 Å². The van der Waals surface area contributed by atoms with Gasteiger partial charge in [0.15, 0.2) is 0 Å². The zero-order valence-corrected chi connectivity index (χ0v) is 17.7. The van der Waals surface area contributed by atoms with Crippen LogP contribution in [0.1, 0.15) is 0 Å². The van der Waals surface area contributed by atoms with Crippen LogP contribution in [0.3, 0.4) is 0 Å². The lowest BCUT2D eigenvalue weighted by molar-refractivity contribution is 0.218. The van der Waals surface area contributed by atoms with Crippen LogP contribution in [0.4, 0.5) is 0 Å².